The Balaban J connectivity index is 1.94. The third-order valence-corrected chi connectivity index (χ3v) is 2.69. The first kappa shape index (κ1) is 11.6. The first-order valence-corrected chi connectivity index (χ1v) is 5.98. The molecule has 86 valence electrons. The predicted molar refractivity (Wildman–Crippen MR) is 74.0 cm³/mol. The van der Waals surface area contributed by atoms with Gasteiger partial charge in [-0.15, -0.1) is 0 Å². The summed E-state index contributed by atoms with van der Waals surface area (Å²) in [5, 5.41) is 0. The summed E-state index contributed by atoms with van der Waals surface area (Å²) in [6.07, 6.45) is 2.07. The van der Waals surface area contributed by atoms with Gasteiger partial charge in [-0.1, -0.05) is 48.5 Å². The fourth-order valence-corrected chi connectivity index (χ4v) is 1.75. The van der Waals surface area contributed by atoms with E-state index in [2.05, 4.69) is 42.2 Å². The maximum absolute atomic E-state index is 4.59. The summed E-state index contributed by atoms with van der Waals surface area (Å²) in [5.41, 5.74) is 3.59. The number of benzene rings is 2. The number of rotatable bonds is 4. The minimum absolute atomic E-state index is 1.01. The maximum Gasteiger partial charge on any atom is 0.0628 e. The van der Waals surface area contributed by atoms with Gasteiger partial charge < -0.3 is 0 Å². The van der Waals surface area contributed by atoms with Crippen LogP contribution in [-0.2, 0) is 6.42 Å². The number of hydrogen-bond acceptors (Lipinski definition) is 1. The predicted octanol–water partition coefficient (Wildman–Crippen LogP) is 4.41. The molecule has 0 spiro atoms. The second-order valence-electron chi connectivity index (χ2n) is 4.17. The molecule has 0 aliphatic heterocycles. The van der Waals surface area contributed by atoms with Gasteiger partial charge in [0, 0.05) is 5.71 Å². The lowest BCUT2D eigenvalue weighted by Crippen LogP contribution is -1.94. The van der Waals surface area contributed by atoms with Gasteiger partial charge in [-0.3, -0.25) is 4.99 Å². The molecule has 0 N–H and O–H groups in total. The van der Waals surface area contributed by atoms with Crippen LogP contribution in [0.3, 0.4) is 0 Å². The van der Waals surface area contributed by atoms with Gasteiger partial charge in [-0.05, 0) is 37.5 Å². The van der Waals surface area contributed by atoms with Crippen LogP contribution in [0, 0.1) is 0 Å². The Morgan fingerprint density at radius 1 is 0.882 bits per heavy atom. The van der Waals surface area contributed by atoms with E-state index in [-0.39, 0.29) is 0 Å². The van der Waals surface area contributed by atoms with Crippen molar-refractivity contribution in [2.24, 2.45) is 4.99 Å². The van der Waals surface area contributed by atoms with Crippen LogP contribution in [0.2, 0.25) is 0 Å². The second kappa shape index (κ2) is 6.00. The van der Waals surface area contributed by atoms with E-state index in [0.29, 0.717) is 0 Å². The molecule has 1 nitrogen and oxygen atoms in total. The number of para-hydroxylation sites is 1. The smallest absolute Gasteiger partial charge is 0.0628 e. The molecular weight excluding hydrogens is 206 g/mol. The van der Waals surface area contributed by atoms with Gasteiger partial charge in [0.25, 0.3) is 0 Å². The highest BCUT2D eigenvalue weighted by molar-refractivity contribution is 5.84. The molecule has 0 fully saturated rings. The number of aliphatic imine (C=N–C) groups is 1. The molecule has 0 saturated carbocycles. The van der Waals surface area contributed by atoms with Crippen LogP contribution in [0.25, 0.3) is 0 Å². The molecule has 2 aromatic rings. The van der Waals surface area contributed by atoms with E-state index in [1.54, 1.807) is 0 Å². The molecular formula is C16H17N. The average molecular weight is 223 g/mol. The summed E-state index contributed by atoms with van der Waals surface area (Å²) >= 11 is 0. The van der Waals surface area contributed by atoms with Crippen molar-refractivity contribution in [3.8, 4) is 0 Å². The molecule has 0 aliphatic carbocycles. The van der Waals surface area contributed by atoms with Crippen LogP contribution >= 0.6 is 0 Å². The lowest BCUT2D eigenvalue weighted by atomic mass is 10.1. The SMILES string of the molecule is CC(CCc1ccccc1)=Nc1ccccc1. The van der Waals surface area contributed by atoms with Gasteiger partial charge in [0.2, 0.25) is 0 Å². The van der Waals surface area contributed by atoms with Gasteiger partial charge in [0.05, 0.1) is 5.69 Å². The Labute approximate surface area is 103 Å². The van der Waals surface area contributed by atoms with Gasteiger partial charge in [0.1, 0.15) is 0 Å². The Morgan fingerprint density at radius 2 is 1.47 bits per heavy atom. The molecule has 0 unspecified atom stereocenters. The Morgan fingerprint density at radius 3 is 2.12 bits per heavy atom. The Hall–Kier alpha value is -1.89. The summed E-state index contributed by atoms with van der Waals surface area (Å²) < 4.78 is 0. The van der Waals surface area contributed by atoms with Crippen molar-refractivity contribution in [3.63, 3.8) is 0 Å². The zero-order valence-electron chi connectivity index (χ0n) is 10.1. The van der Waals surface area contributed by atoms with Gasteiger partial charge in [0.15, 0.2) is 0 Å². The zero-order chi connectivity index (χ0) is 11.9. The molecule has 2 aromatic carbocycles. The van der Waals surface area contributed by atoms with E-state index < -0.39 is 0 Å². The minimum atomic E-state index is 1.01. The van der Waals surface area contributed by atoms with Crippen LogP contribution in [0.1, 0.15) is 18.9 Å². The third kappa shape index (κ3) is 3.87. The van der Waals surface area contributed by atoms with Gasteiger partial charge >= 0.3 is 0 Å². The van der Waals surface area contributed by atoms with Crippen molar-refractivity contribution in [1.82, 2.24) is 0 Å². The van der Waals surface area contributed by atoms with Gasteiger partial charge in [-0.2, -0.15) is 0 Å². The largest absolute Gasteiger partial charge is 0.258 e. The quantitative estimate of drug-likeness (QED) is 0.681. The Bertz CT molecular complexity index is 471. The maximum atomic E-state index is 4.59. The molecule has 0 heterocycles. The second-order valence-corrected chi connectivity index (χ2v) is 4.17. The van der Waals surface area contributed by atoms with Crippen molar-refractivity contribution >= 4 is 11.4 Å². The lowest BCUT2D eigenvalue weighted by molar-refractivity contribution is 1.03. The number of hydrogen-bond donors (Lipinski definition) is 0. The van der Waals surface area contributed by atoms with Crippen LogP contribution in [0.5, 0.6) is 0 Å². The summed E-state index contributed by atoms with van der Waals surface area (Å²) in [7, 11) is 0. The van der Waals surface area contributed by atoms with E-state index in [4.69, 9.17) is 0 Å². The summed E-state index contributed by atoms with van der Waals surface area (Å²) in [4.78, 5) is 4.59. The van der Waals surface area contributed by atoms with E-state index >= 15 is 0 Å². The van der Waals surface area contributed by atoms with Crippen molar-refractivity contribution < 1.29 is 0 Å². The highest BCUT2D eigenvalue weighted by atomic mass is 14.7. The van der Waals surface area contributed by atoms with Crippen LogP contribution in [0.4, 0.5) is 5.69 Å². The normalized spacial score (nSPS) is 11.5. The monoisotopic (exact) mass is 223 g/mol. The first-order chi connectivity index (χ1) is 8.34. The van der Waals surface area contributed by atoms with Crippen molar-refractivity contribution in [3.05, 3.63) is 66.2 Å². The summed E-state index contributed by atoms with van der Waals surface area (Å²) in [6.45, 7) is 2.09. The topological polar surface area (TPSA) is 12.4 Å². The zero-order valence-corrected chi connectivity index (χ0v) is 10.1. The molecule has 1 heteroatoms. The van der Waals surface area contributed by atoms with E-state index in [0.717, 1.165) is 18.5 Å². The van der Waals surface area contributed by atoms with Crippen LogP contribution in [0.15, 0.2) is 65.7 Å². The number of nitrogens with zero attached hydrogens (tertiary/aromatic N) is 1. The standard InChI is InChI=1S/C16H17N/c1-14(17-16-10-6-3-7-11-16)12-13-15-8-4-2-5-9-15/h2-11H,12-13H2,1H3. The highest BCUT2D eigenvalue weighted by Gasteiger charge is 1.95. The average Bonchev–Trinajstić information content (AvgIpc) is 2.39. The van der Waals surface area contributed by atoms with Gasteiger partial charge in [-0.25, -0.2) is 0 Å². The molecule has 0 bridgehead atoms. The summed E-state index contributed by atoms with van der Waals surface area (Å²) in [6, 6.07) is 20.7. The van der Waals surface area contributed by atoms with Crippen molar-refractivity contribution in [1.29, 1.82) is 0 Å². The fourth-order valence-electron chi connectivity index (χ4n) is 1.75. The fraction of sp³-hybridized carbons (Fsp3) is 0.188. The lowest BCUT2D eigenvalue weighted by Gasteiger charge is -2.01. The number of aryl methyl sites for hydroxylation is 1. The van der Waals surface area contributed by atoms with Crippen LogP contribution < -0.4 is 0 Å². The van der Waals surface area contributed by atoms with Crippen molar-refractivity contribution in [2.45, 2.75) is 19.8 Å². The third-order valence-electron chi connectivity index (χ3n) is 2.69. The highest BCUT2D eigenvalue weighted by Crippen LogP contribution is 2.12. The molecule has 0 saturated heterocycles. The van der Waals surface area contributed by atoms with Crippen molar-refractivity contribution in [2.75, 3.05) is 0 Å². The molecule has 0 atom stereocenters. The molecule has 0 radical (unpaired) electrons. The Kier molecular flexibility index (Phi) is 4.09. The minimum Gasteiger partial charge on any atom is -0.258 e. The molecule has 0 aliphatic rings. The molecule has 0 amide bonds. The van der Waals surface area contributed by atoms with Crippen LogP contribution in [-0.4, -0.2) is 5.71 Å². The summed E-state index contributed by atoms with van der Waals surface area (Å²) in [5.74, 6) is 0. The van der Waals surface area contributed by atoms with E-state index in [9.17, 15) is 0 Å². The first-order valence-electron chi connectivity index (χ1n) is 5.98. The van der Waals surface area contributed by atoms with E-state index in [1.807, 2.05) is 30.3 Å². The molecule has 0 aromatic heterocycles. The molecule has 17 heavy (non-hydrogen) atoms. The van der Waals surface area contributed by atoms with E-state index in [1.165, 1.54) is 11.3 Å². The molecule has 2 rings (SSSR count).